The maximum Gasteiger partial charge on any atom is 0.266 e. The van der Waals surface area contributed by atoms with E-state index in [4.69, 9.17) is 13.3 Å². The number of rotatable bonds is 2. The first-order chi connectivity index (χ1) is 13.4. The highest BCUT2D eigenvalue weighted by Crippen LogP contribution is 2.33. The molecule has 6 aromatic rings. The lowest BCUT2D eigenvalue weighted by Crippen LogP contribution is -1.88. The highest BCUT2D eigenvalue weighted by Gasteiger charge is 2.19. The van der Waals surface area contributed by atoms with Crippen molar-refractivity contribution in [3.8, 4) is 22.7 Å². The molecule has 0 aliphatic rings. The van der Waals surface area contributed by atoms with Gasteiger partial charge >= 0.3 is 0 Å². The van der Waals surface area contributed by atoms with E-state index in [-0.39, 0.29) is 0 Å². The topological polar surface area (TPSA) is 130 Å². The highest BCUT2D eigenvalue weighted by atomic mass is 16.4. The van der Waals surface area contributed by atoms with Crippen LogP contribution in [-0.2, 0) is 0 Å². The molecule has 6 rings (SSSR count). The summed E-state index contributed by atoms with van der Waals surface area (Å²) in [6.45, 7) is 0. The average Bonchev–Trinajstić information content (AvgIpc) is 3.44. The molecule has 0 spiro atoms. The summed E-state index contributed by atoms with van der Waals surface area (Å²) in [4.78, 5) is 29.6. The molecule has 6 heterocycles. The van der Waals surface area contributed by atoms with E-state index in [2.05, 4.69) is 34.9 Å². The molecule has 0 aromatic carbocycles. The third-order valence-electron chi connectivity index (χ3n) is 4.09. The van der Waals surface area contributed by atoms with Gasteiger partial charge in [-0.1, -0.05) is 0 Å². The van der Waals surface area contributed by atoms with Crippen molar-refractivity contribution in [3.63, 3.8) is 0 Å². The number of fused-ring (bicyclic) bond motifs is 3. The van der Waals surface area contributed by atoms with Gasteiger partial charge in [0.25, 0.3) is 5.71 Å². The summed E-state index contributed by atoms with van der Waals surface area (Å²) in [7, 11) is 0. The summed E-state index contributed by atoms with van der Waals surface area (Å²) in [5.41, 5.74) is 4.55. The minimum absolute atomic E-state index is 0.342. The van der Waals surface area contributed by atoms with Crippen LogP contribution in [0.2, 0.25) is 0 Å². The molecule has 128 valence electrons. The molecule has 0 aliphatic carbocycles. The second-order valence-electron chi connectivity index (χ2n) is 5.63. The van der Waals surface area contributed by atoms with E-state index in [0.717, 1.165) is 0 Å². The monoisotopic (exact) mass is 357 g/mol. The molecule has 0 bridgehead atoms. The van der Waals surface area contributed by atoms with Crippen LogP contribution in [0.15, 0.2) is 56.8 Å². The van der Waals surface area contributed by atoms with Crippen LogP contribution in [0.1, 0.15) is 0 Å². The Morgan fingerprint density at radius 1 is 0.667 bits per heavy atom. The lowest BCUT2D eigenvalue weighted by Gasteiger charge is -1.99. The van der Waals surface area contributed by atoms with Gasteiger partial charge in [0.2, 0.25) is 11.5 Å². The van der Waals surface area contributed by atoms with Crippen molar-refractivity contribution < 1.29 is 13.3 Å². The zero-order chi connectivity index (χ0) is 17.8. The molecule has 0 atom stereocenters. The van der Waals surface area contributed by atoms with Gasteiger partial charge in [0.1, 0.15) is 0 Å². The Morgan fingerprint density at radius 3 is 2.44 bits per heavy atom. The second kappa shape index (κ2) is 5.14. The zero-order valence-corrected chi connectivity index (χ0v) is 13.4. The molecule has 0 amide bonds. The third kappa shape index (κ3) is 2.03. The maximum absolute atomic E-state index is 6.01. The zero-order valence-electron chi connectivity index (χ0n) is 13.4. The van der Waals surface area contributed by atoms with Gasteiger partial charge in [0, 0.05) is 12.4 Å². The minimum Gasteiger partial charge on any atom is -0.441 e. The van der Waals surface area contributed by atoms with Crippen LogP contribution in [0.4, 0.5) is 0 Å². The van der Waals surface area contributed by atoms with Crippen molar-refractivity contribution in [3.05, 3.63) is 43.5 Å². The molecule has 0 N–H and O–H groups in total. The predicted molar refractivity (Wildman–Crippen MR) is 91.2 cm³/mol. The third-order valence-corrected chi connectivity index (χ3v) is 4.09. The van der Waals surface area contributed by atoms with E-state index in [9.17, 15) is 0 Å². The Hall–Kier alpha value is -4.21. The fourth-order valence-electron chi connectivity index (χ4n) is 2.88. The van der Waals surface area contributed by atoms with Crippen LogP contribution in [0, 0.1) is 0 Å². The summed E-state index contributed by atoms with van der Waals surface area (Å²) in [5.74, 6) is 0.350. The average molecular weight is 357 g/mol. The largest absolute Gasteiger partial charge is 0.441 e. The van der Waals surface area contributed by atoms with E-state index in [1.165, 1.54) is 12.8 Å². The van der Waals surface area contributed by atoms with Crippen LogP contribution < -0.4 is 0 Å². The molecule has 0 unspecified atom stereocenters. The van der Waals surface area contributed by atoms with Crippen LogP contribution in [0.5, 0.6) is 0 Å². The van der Waals surface area contributed by atoms with Gasteiger partial charge in [-0.3, -0.25) is 0 Å². The fourth-order valence-corrected chi connectivity index (χ4v) is 2.88. The standard InChI is InChI=1S/C17H7N7O3/c1-3-19-14-12(8(1)10-5-20-15-17(23-10)26-7-22-15)27-16(24-14)9-2-4-18-13-11(9)25-6-21-13/h1-7H. The number of hydrogen-bond donors (Lipinski definition) is 0. The van der Waals surface area contributed by atoms with E-state index in [0.29, 0.717) is 56.5 Å². The minimum atomic E-state index is 0.342. The van der Waals surface area contributed by atoms with Crippen molar-refractivity contribution in [1.82, 2.24) is 34.9 Å². The van der Waals surface area contributed by atoms with Crippen LogP contribution in [0.25, 0.3) is 56.5 Å². The number of nitrogens with zero attached hydrogens (tertiary/aromatic N) is 7. The number of oxazole rings is 3. The molecule has 0 saturated carbocycles. The Labute approximate surface area is 149 Å². The first kappa shape index (κ1) is 14.0. The van der Waals surface area contributed by atoms with Gasteiger partial charge in [0.05, 0.1) is 23.0 Å². The molecular formula is C17H7N7O3. The van der Waals surface area contributed by atoms with E-state index in [1.54, 1.807) is 30.7 Å². The van der Waals surface area contributed by atoms with Crippen molar-refractivity contribution in [2.24, 2.45) is 0 Å². The van der Waals surface area contributed by atoms with Gasteiger partial charge in [-0.25, -0.2) is 19.9 Å². The van der Waals surface area contributed by atoms with Crippen LogP contribution >= 0.6 is 0 Å². The van der Waals surface area contributed by atoms with Crippen LogP contribution in [-0.4, -0.2) is 34.9 Å². The molecule has 10 heteroatoms. The van der Waals surface area contributed by atoms with Crippen molar-refractivity contribution in [2.45, 2.75) is 0 Å². The molecular weight excluding hydrogens is 350 g/mol. The quantitative estimate of drug-likeness (QED) is 0.455. The molecule has 27 heavy (non-hydrogen) atoms. The van der Waals surface area contributed by atoms with Gasteiger partial charge in [-0.2, -0.15) is 15.0 Å². The first-order valence-electron chi connectivity index (χ1n) is 7.87. The maximum atomic E-state index is 6.01. The lowest BCUT2D eigenvalue weighted by atomic mass is 10.2. The summed E-state index contributed by atoms with van der Waals surface area (Å²) < 4.78 is 16.7. The van der Waals surface area contributed by atoms with Gasteiger partial charge in [-0.15, -0.1) is 0 Å². The summed E-state index contributed by atoms with van der Waals surface area (Å²) in [5, 5.41) is 0. The Kier molecular flexibility index (Phi) is 2.67. The van der Waals surface area contributed by atoms with Crippen LogP contribution in [0.3, 0.4) is 0 Å². The Balaban J connectivity index is 1.58. The smallest absolute Gasteiger partial charge is 0.266 e. The highest BCUT2D eigenvalue weighted by molar-refractivity contribution is 5.91. The fraction of sp³-hybridized carbons (Fsp3) is 0. The summed E-state index contributed by atoms with van der Waals surface area (Å²) in [6.07, 6.45) is 7.48. The molecule has 0 aliphatic heterocycles. The summed E-state index contributed by atoms with van der Waals surface area (Å²) >= 11 is 0. The Bertz CT molecular complexity index is 1450. The van der Waals surface area contributed by atoms with E-state index in [1.807, 2.05) is 0 Å². The van der Waals surface area contributed by atoms with Gasteiger partial charge in [-0.05, 0) is 12.1 Å². The molecule has 6 aromatic heterocycles. The van der Waals surface area contributed by atoms with Crippen molar-refractivity contribution in [2.75, 3.05) is 0 Å². The van der Waals surface area contributed by atoms with Crippen molar-refractivity contribution >= 4 is 33.8 Å². The SMILES string of the molecule is c1cc(-c2cnc3ncoc3n2)c2oc(-c3ccnc4ncoc34)nc2n1. The molecule has 0 saturated heterocycles. The normalized spacial score (nSPS) is 11.7. The number of pyridine rings is 2. The number of aromatic nitrogens is 7. The predicted octanol–water partition coefficient (Wildman–Crippen LogP) is 3.02. The lowest BCUT2D eigenvalue weighted by molar-refractivity contribution is 0.590. The van der Waals surface area contributed by atoms with Gasteiger partial charge < -0.3 is 13.3 Å². The molecule has 10 nitrogen and oxygen atoms in total. The summed E-state index contributed by atoms with van der Waals surface area (Å²) in [6, 6.07) is 3.53. The molecule has 0 fully saturated rings. The molecule has 0 radical (unpaired) electrons. The first-order valence-corrected chi connectivity index (χ1v) is 7.87. The van der Waals surface area contributed by atoms with Gasteiger partial charge in [0.15, 0.2) is 35.2 Å². The number of hydrogen-bond acceptors (Lipinski definition) is 10. The Morgan fingerprint density at radius 2 is 1.48 bits per heavy atom. The van der Waals surface area contributed by atoms with E-state index < -0.39 is 0 Å². The second-order valence-corrected chi connectivity index (χ2v) is 5.63. The van der Waals surface area contributed by atoms with Crippen molar-refractivity contribution in [1.29, 1.82) is 0 Å². The van der Waals surface area contributed by atoms with E-state index >= 15 is 0 Å².